The first kappa shape index (κ1) is 21.4. The van der Waals surface area contributed by atoms with Crippen molar-refractivity contribution in [1.82, 2.24) is 0 Å². The minimum atomic E-state index is -0.903. The third-order valence-electron chi connectivity index (χ3n) is 4.64. The molecule has 0 radical (unpaired) electrons. The molecule has 1 heterocycles. The lowest BCUT2D eigenvalue weighted by atomic mass is 9.97. The van der Waals surface area contributed by atoms with Crippen molar-refractivity contribution in [3.05, 3.63) is 70.5 Å². The van der Waals surface area contributed by atoms with Crippen molar-refractivity contribution in [2.24, 2.45) is 0 Å². The highest BCUT2D eigenvalue weighted by Crippen LogP contribution is 2.28. The van der Waals surface area contributed by atoms with Crippen molar-refractivity contribution in [2.75, 3.05) is 26.9 Å². The van der Waals surface area contributed by atoms with Crippen LogP contribution in [0.15, 0.2) is 36.4 Å². The lowest BCUT2D eigenvalue weighted by Gasteiger charge is -2.28. The zero-order chi connectivity index (χ0) is 20.8. The average Bonchev–Trinajstić information content (AvgIpc) is 2.74. The highest BCUT2D eigenvalue weighted by atomic mass is 19.2. The van der Waals surface area contributed by atoms with Crippen LogP contribution in [0.4, 0.5) is 13.2 Å². The molecule has 1 aliphatic heterocycles. The summed E-state index contributed by atoms with van der Waals surface area (Å²) in [5.74, 6) is -2.53. The largest absolute Gasteiger partial charge is 0.494 e. The summed E-state index contributed by atoms with van der Waals surface area (Å²) < 4.78 is 63.6. The van der Waals surface area contributed by atoms with E-state index in [-0.39, 0.29) is 36.7 Å². The highest BCUT2D eigenvalue weighted by Gasteiger charge is 2.26. The van der Waals surface area contributed by atoms with Gasteiger partial charge in [-0.2, -0.15) is 0 Å². The van der Waals surface area contributed by atoms with Crippen molar-refractivity contribution < 1.29 is 32.1 Å². The van der Waals surface area contributed by atoms with Crippen molar-refractivity contribution in [1.29, 1.82) is 0 Å². The summed E-state index contributed by atoms with van der Waals surface area (Å²) in [5.41, 5.74) is 1.01. The van der Waals surface area contributed by atoms with Gasteiger partial charge in [0.25, 0.3) is 0 Å². The van der Waals surface area contributed by atoms with Crippen LogP contribution in [0.3, 0.4) is 0 Å². The molecule has 1 saturated heterocycles. The van der Waals surface area contributed by atoms with E-state index in [1.807, 2.05) is 0 Å². The lowest BCUT2D eigenvalue weighted by molar-refractivity contribution is -0.159. The topological polar surface area (TPSA) is 36.9 Å². The summed E-state index contributed by atoms with van der Waals surface area (Å²) in [6, 6.07) is 7.63. The smallest absolute Gasteiger partial charge is 0.177 e. The second kappa shape index (κ2) is 9.91. The fourth-order valence-corrected chi connectivity index (χ4v) is 3.03. The Morgan fingerprint density at radius 2 is 1.83 bits per heavy atom. The Labute approximate surface area is 167 Å². The molecule has 156 valence electrons. The van der Waals surface area contributed by atoms with E-state index in [0.717, 1.165) is 0 Å². The van der Waals surface area contributed by atoms with Gasteiger partial charge in [-0.3, -0.25) is 0 Å². The molecule has 2 aromatic carbocycles. The lowest BCUT2D eigenvalue weighted by Crippen LogP contribution is -2.30. The molecule has 0 N–H and O–H groups in total. The standard InChI is InChI=1S/C22H23F3O4/c1-3-27-11-15-6-7-17(22(25)21(15)24)16-12-28-20(29-13-16)9-5-14-4-8-19(26-2)18(23)10-14/h4-10,16,20H,3,11-13H2,1-2H3/b9-5+. The van der Waals surface area contributed by atoms with Gasteiger partial charge in [0.1, 0.15) is 0 Å². The minimum Gasteiger partial charge on any atom is -0.494 e. The van der Waals surface area contributed by atoms with Crippen molar-refractivity contribution in [3.63, 3.8) is 0 Å². The van der Waals surface area contributed by atoms with Crippen molar-refractivity contribution in [2.45, 2.75) is 25.7 Å². The summed E-state index contributed by atoms with van der Waals surface area (Å²) in [6.07, 6.45) is 2.65. The minimum absolute atomic E-state index is 0.0238. The number of ether oxygens (including phenoxy) is 4. The van der Waals surface area contributed by atoms with Crippen LogP contribution in [0.2, 0.25) is 0 Å². The summed E-state index contributed by atoms with van der Waals surface area (Å²) in [6.45, 7) is 2.58. The Kier molecular flexibility index (Phi) is 7.30. The Morgan fingerprint density at radius 3 is 2.48 bits per heavy atom. The Balaban J connectivity index is 1.60. The fraction of sp³-hybridized carbons (Fsp3) is 0.364. The summed E-state index contributed by atoms with van der Waals surface area (Å²) >= 11 is 0. The van der Waals surface area contributed by atoms with Crippen LogP contribution in [0.1, 0.15) is 29.5 Å². The maximum absolute atomic E-state index is 14.4. The molecule has 7 heteroatoms. The van der Waals surface area contributed by atoms with Gasteiger partial charge in [-0.25, -0.2) is 13.2 Å². The van der Waals surface area contributed by atoms with Crippen LogP contribution in [0.25, 0.3) is 6.08 Å². The third-order valence-corrected chi connectivity index (χ3v) is 4.64. The average molecular weight is 408 g/mol. The molecule has 0 spiro atoms. The number of hydrogen-bond acceptors (Lipinski definition) is 4. The SMILES string of the molecule is CCOCc1ccc(C2COC(/C=C/c3ccc(OC)c(F)c3)OC2)c(F)c1F. The van der Waals surface area contributed by atoms with Crippen molar-refractivity contribution >= 4 is 6.08 Å². The summed E-state index contributed by atoms with van der Waals surface area (Å²) in [4.78, 5) is 0. The fourth-order valence-electron chi connectivity index (χ4n) is 3.03. The molecule has 0 atom stereocenters. The van der Waals surface area contributed by atoms with Gasteiger partial charge in [-0.15, -0.1) is 0 Å². The molecule has 0 amide bonds. The zero-order valence-electron chi connectivity index (χ0n) is 16.3. The summed E-state index contributed by atoms with van der Waals surface area (Å²) in [5, 5.41) is 0. The molecule has 3 rings (SSSR count). The first-order chi connectivity index (χ1) is 14.0. The van der Waals surface area contributed by atoms with Gasteiger partial charge >= 0.3 is 0 Å². The van der Waals surface area contributed by atoms with Crippen LogP contribution >= 0.6 is 0 Å². The highest BCUT2D eigenvalue weighted by molar-refractivity contribution is 5.51. The quantitative estimate of drug-likeness (QED) is 0.658. The molecule has 0 bridgehead atoms. The molecule has 0 saturated carbocycles. The normalized spacial score (nSPS) is 19.6. The number of rotatable bonds is 7. The van der Waals surface area contributed by atoms with E-state index >= 15 is 0 Å². The van der Waals surface area contributed by atoms with E-state index in [0.29, 0.717) is 12.2 Å². The Bertz CT molecular complexity index is 861. The van der Waals surface area contributed by atoms with Crippen molar-refractivity contribution in [3.8, 4) is 5.75 Å². The Hall–Kier alpha value is -2.35. The third kappa shape index (κ3) is 5.18. The number of benzene rings is 2. The number of halogens is 3. The van der Waals surface area contributed by atoms with E-state index in [1.54, 1.807) is 31.2 Å². The van der Waals surface area contributed by atoms with E-state index in [2.05, 4.69) is 0 Å². The van der Waals surface area contributed by atoms with Crippen LogP contribution in [0.5, 0.6) is 5.75 Å². The maximum Gasteiger partial charge on any atom is 0.177 e. The molecule has 29 heavy (non-hydrogen) atoms. The first-order valence-electron chi connectivity index (χ1n) is 9.33. The molecule has 1 aliphatic rings. The van der Waals surface area contributed by atoms with Gasteiger partial charge in [0.15, 0.2) is 29.5 Å². The Morgan fingerprint density at radius 1 is 1.07 bits per heavy atom. The van der Waals surface area contributed by atoms with Gasteiger partial charge < -0.3 is 18.9 Å². The van der Waals surface area contributed by atoms with E-state index < -0.39 is 29.7 Å². The van der Waals surface area contributed by atoms with Gasteiger partial charge in [0.2, 0.25) is 0 Å². The van der Waals surface area contributed by atoms with E-state index in [1.165, 1.54) is 25.3 Å². The van der Waals surface area contributed by atoms with E-state index in [9.17, 15) is 13.2 Å². The molecule has 1 fully saturated rings. The second-order valence-corrected chi connectivity index (χ2v) is 6.56. The van der Waals surface area contributed by atoms with Gasteiger partial charge in [0.05, 0.1) is 26.9 Å². The molecule has 4 nitrogen and oxygen atoms in total. The second-order valence-electron chi connectivity index (χ2n) is 6.56. The molecular formula is C22H23F3O4. The van der Waals surface area contributed by atoms with Crippen LogP contribution < -0.4 is 4.74 Å². The molecule has 0 unspecified atom stereocenters. The molecule has 2 aromatic rings. The molecular weight excluding hydrogens is 385 g/mol. The van der Waals surface area contributed by atoms with Crippen LogP contribution in [-0.2, 0) is 20.8 Å². The van der Waals surface area contributed by atoms with E-state index in [4.69, 9.17) is 18.9 Å². The first-order valence-corrected chi connectivity index (χ1v) is 9.33. The predicted octanol–water partition coefficient (Wildman–Crippen LogP) is 4.82. The van der Waals surface area contributed by atoms with Crippen LogP contribution in [-0.4, -0.2) is 33.2 Å². The predicted molar refractivity (Wildman–Crippen MR) is 102 cm³/mol. The number of methoxy groups -OCH3 is 1. The van der Waals surface area contributed by atoms with Gasteiger partial charge in [-0.1, -0.05) is 24.3 Å². The summed E-state index contributed by atoms with van der Waals surface area (Å²) in [7, 11) is 1.40. The molecule has 0 aliphatic carbocycles. The zero-order valence-corrected chi connectivity index (χ0v) is 16.3. The number of hydrogen-bond donors (Lipinski definition) is 0. The molecule has 0 aromatic heterocycles. The monoisotopic (exact) mass is 408 g/mol. The maximum atomic E-state index is 14.4. The van der Waals surface area contributed by atoms with Gasteiger partial charge in [0, 0.05) is 18.1 Å². The van der Waals surface area contributed by atoms with Crippen LogP contribution in [0, 0.1) is 17.5 Å². The van der Waals surface area contributed by atoms with Gasteiger partial charge in [-0.05, 0) is 36.3 Å².